The van der Waals surface area contributed by atoms with E-state index in [1.165, 1.54) is 5.57 Å². The summed E-state index contributed by atoms with van der Waals surface area (Å²) in [5.74, 6) is 0.642. The fourth-order valence-electron chi connectivity index (χ4n) is 0.768. The van der Waals surface area contributed by atoms with Crippen LogP contribution in [0.5, 0.6) is 0 Å². The summed E-state index contributed by atoms with van der Waals surface area (Å²) in [6.07, 6.45) is 2.15. The first-order valence-electron chi connectivity index (χ1n) is 3.05. The Kier molecular flexibility index (Phi) is 1.69. The molecule has 0 amide bonds. The minimum Gasteiger partial charge on any atom is -0.377 e. The minimum absolute atomic E-state index is 0.642. The van der Waals surface area contributed by atoms with Crippen molar-refractivity contribution in [3.63, 3.8) is 0 Å². The summed E-state index contributed by atoms with van der Waals surface area (Å²) in [5, 5.41) is 0. The number of hydrogen-bond donors (Lipinski definition) is 0. The summed E-state index contributed by atoms with van der Waals surface area (Å²) in [4.78, 5) is 0. The summed E-state index contributed by atoms with van der Waals surface area (Å²) in [5.41, 5.74) is 1.47. The van der Waals surface area contributed by atoms with Crippen molar-refractivity contribution in [1.29, 1.82) is 0 Å². The van der Waals surface area contributed by atoms with Gasteiger partial charge in [0.15, 0.2) is 0 Å². The zero-order valence-corrected chi connectivity index (χ0v) is 5.48. The van der Waals surface area contributed by atoms with Crippen molar-refractivity contribution in [1.82, 2.24) is 0 Å². The maximum Gasteiger partial charge on any atom is 0.0650 e. The van der Waals surface area contributed by atoms with Crippen molar-refractivity contribution >= 4 is 0 Å². The fourth-order valence-corrected chi connectivity index (χ4v) is 0.768. The molecule has 1 atom stereocenters. The van der Waals surface area contributed by atoms with E-state index < -0.39 is 0 Å². The zero-order valence-electron chi connectivity index (χ0n) is 5.48. The summed E-state index contributed by atoms with van der Waals surface area (Å²) in [6, 6.07) is 0. The van der Waals surface area contributed by atoms with Gasteiger partial charge in [-0.25, -0.2) is 0 Å². The van der Waals surface area contributed by atoms with E-state index in [1.54, 1.807) is 0 Å². The van der Waals surface area contributed by atoms with Crippen LogP contribution in [0.4, 0.5) is 0 Å². The molecular weight excluding hydrogens is 100 g/mol. The minimum atomic E-state index is 0.642. The van der Waals surface area contributed by atoms with Crippen molar-refractivity contribution < 1.29 is 4.74 Å². The van der Waals surface area contributed by atoms with Gasteiger partial charge in [0, 0.05) is 5.92 Å². The maximum atomic E-state index is 5.18. The smallest absolute Gasteiger partial charge is 0.0650 e. The highest BCUT2D eigenvalue weighted by molar-refractivity contribution is 5.04. The third kappa shape index (κ3) is 1.10. The highest BCUT2D eigenvalue weighted by Gasteiger charge is 2.07. The van der Waals surface area contributed by atoms with E-state index in [0.29, 0.717) is 5.92 Å². The van der Waals surface area contributed by atoms with Gasteiger partial charge in [0.1, 0.15) is 0 Å². The van der Waals surface area contributed by atoms with E-state index >= 15 is 0 Å². The first-order chi connectivity index (χ1) is 3.80. The quantitative estimate of drug-likeness (QED) is 0.432. The molecule has 0 radical (unpaired) electrons. The van der Waals surface area contributed by atoms with Crippen LogP contribution in [0.1, 0.15) is 13.8 Å². The average molecular weight is 112 g/mol. The Balaban J connectivity index is 2.53. The standard InChI is InChI=1S/C7H12O/c1-6-3-4-8-5-7(6)2/h3,7H,4-5H2,1-2H3/t7-/m1/s1. The van der Waals surface area contributed by atoms with Crippen LogP contribution in [0.25, 0.3) is 0 Å². The lowest BCUT2D eigenvalue weighted by Crippen LogP contribution is -2.12. The predicted octanol–water partition coefficient (Wildman–Crippen LogP) is 1.60. The fraction of sp³-hybridized carbons (Fsp3) is 0.714. The molecule has 0 fully saturated rings. The number of ether oxygens (including phenoxy) is 1. The molecule has 0 unspecified atom stereocenters. The van der Waals surface area contributed by atoms with E-state index in [4.69, 9.17) is 4.74 Å². The summed E-state index contributed by atoms with van der Waals surface area (Å²) in [7, 11) is 0. The van der Waals surface area contributed by atoms with Gasteiger partial charge in [0.25, 0.3) is 0 Å². The molecule has 0 N–H and O–H groups in total. The lowest BCUT2D eigenvalue weighted by Gasteiger charge is -2.16. The van der Waals surface area contributed by atoms with E-state index in [9.17, 15) is 0 Å². The largest absolute Gasteiger partial charge is 0.377 e. The molecule has 0 aromatic heterocycles. The van der Waals surface area contributed by atoms with E-state index in [1.807, 2.05) is 0 Å². The van der Waals surface area contributed by atoms with E-state index in [2.05, 4.69) is 19.9 Å². The average Bonchev–Trinajstić information content (AvgIpc) is 1.77. The van der Waals surface area contributed by atoms with Gasteiger partial charge in [-0.3, -0.25) is 0 Å². The number of rotatable bonds is 0. The Morgan fingerprint density at radius 2 is 2.50 bits per heavy atom. The van der Waals surface area contributed by atoms with Crippen molar-refractivity contribution in [3.8, 4) is 0 Å². The van der Waals surface area contributed by atoms with Crippen molar-refractivity contribution in [2.45, 2.75) is 13.8 Å². The topological polar surface area (TPSA) is 9.23 Å². The van der Waals surface area contributed by atoms with Crippen molar-refractivity contribution in [2.75, 3.05) is 13.2 Å². The Morgan fingerprint density at radius 1 is 1.75 bits per heavy atom. The predicted molar refractivity (Wildman–Crippen MR) is 33.7 cm³/mol. The highest BCUT2D eigenvalue weighted by Crippen LogP contribution is 2.13. The molecule has 0 aromatic carbocycles. The van der Waals surface area contributed by atoms with Gasteiger partial charge in [-0.05, 0) is 6.92 Å². The Morgan fingerprint density at radius 3 is 2.88 bits per heavy atom. The van der Waals surface area contributed by atoms with Crippen LogP contribution in [0.2, 0.25) is 0 Å². The molecule has 0 aromatic rings. The first kappa shape index (κ1) is 5.83. The SMILES string of the molecule is CC1=CCOC[C@H]1C. The van der Waals surface area contributed by atoms with E-state index in [0.717, 1.165) is 13.2 Å². The summed E-state index contributed by atoms with van der Waals surface area (Å²) >= 11 is 0. The van der Waals surface area contributed by atoms with Crippen LogP contribution in [-0.2, 0) is 4.74 Å². The van der Waals surface area contributed by atoms with Gasteiger partial charge in [0.05, 0.1) is 13.2 Å². The van der Waals surface area contributed by atoms with E-state index in [-0.39, 0.29) is 0 Å². The Bertz CT molecular complexity index is 105. The van der Waals surface area contributed by atoms with Gasteiger partial charge in [-0.15, -0.1) is 0 Å². The molecule has 1 aliphatic heterocycles. The molecule has 1 heteroatoms. The van der Waals surface area contributed by atoms with Gasteiger partial charge in [-0.1, -0.05) is 18.6 Å². The molecule has 0 bridgehead atoms. The normalized spacial score (nSPS) is 29.8. The molecule has 1 nitrogen and oxygen atoms in total. The van der Waals surface area contributed by atoms with Crippen molar-refractivity contribution in [2.24, 2.45) is 5.92 Å². The lowest BCUT2D eigenvalue weighted by atomic mass is 10.0. The maximum absolute atomic E-state index is 5.18. The molecular formula is C7H12O. The first-order valence-corrected chi connectivity index (χ1v) is 3.05. The summed E-state index contributed by atoms with van der Waals surface area (Å²) in [6.45, 7) is 6.07. The summed E-state index contributed by atoms with van der Waals surface area (Å²) < 4.78 is 5.18. The molecule has 0 spiro atoms. The molecule has 0 aliphatic carbocycles. The van der Waals surface area contributed by atoms with Gasteiger partial charge >= 0.3 is 0 Å². The second-order valence-electron chi connectivity index (χ2n) is 2.39. The lowest BCUT2D eigenvalue weighted by molar-refractivity contribution is 0.126. The van der Waals surface area contributed by atoms with Crippen LogP contribution in [0, 0.1) is 5.92 Å². The Hall–Kier alpha value is -0.300. The van der Waals surface area contributed by atoms with Crippen LogP contribution in [-0.4, -0.2) is 13.2 Å². The zero-order chi connectivity index (χ0) is 5.98. The number of hydrogen-bond acceptors (Lipinski definition) is 1. The van der Waals surface area contributed by atoms with Crippen LogP contribution in [0.3, 0.4) is 0 Å². The Labute approximate surface area is 50.3 Å². The molecule has 1 heterocycles. The second kappa shape index (κ2) is 2.31. The molecule has 0 saturated heterocycles. The third-order valence-electron chi connectivity index (χ3n) is 1.67. The molecule has 0 saturated carbocycles. The van der Waals surface area contributed by atoms with Gasteiger partial charge in [-0.2, -0.15) is 0 Å². The molecule has 8 heavy (non-hydrogen) atoms. The third-order valence-corrected chi connectivity index (χ3v) is 1.67. The molecule has 1 rings (SSSR count). The van der Waals surface area contributed by atoms with Crippen molar-refractivity contribution in [3.05, 3.63) is 11.6 Å². The molecule has 1 aliphatic rings. The van der Waals surface area contributed by atoms with Crippen LogP contribution < -0.4 is 0 Å². The monoisotopic (exact) mass is 112 g/mol. The molecule has 46 valence electrons. The highest BCUT2D eigenvalue weighted by atomic mass is 16.5. The van der Waals surface area contributed by atoms with Crippen LogP contribution >= 0.6 is 0 Å². The van der Waals surface area contributed by atoms with Crippen LogP contribution in [0.15, 0.2) is 11.6 Å². The van der Waals surface area contributed by atoms with Gasteiger partial charge in [0.2, 0.25) is 0 Å². The van der Waals surface area contributed by atoms with Gasteiger partial charge < -0.3 is 4.74 Å². The second-order valence-corrected chi connectivity index (χ2v) is 2.39.